The van der Waals surface area contributed by atoms with Crippen LogP contribution in [0, 0.1) is 0 Å². The van der Waals surface area contributed by atoms with Gasteiger partial charge in [0.05, 0.1) is 26.4 Å². The molecular weight excluding hydrogens is 1520 g/mol. The molecule has 40 atom stereocenters. The van der Waals surface area contributed by atoms with Crippen LogP contribution in [0.3, 0.4) is 0 Å². The summed E-state index contributed by atoms with van der Waals surface area (Å²) in [5, 5.41) is 241. The number of hydrogen-bond acceptors (Lipinski definition) is 42. The number of rotatable bonds is 32. The third-order valence-electron chi connectivity index (χ3n) is 19.2. The fraction of sp³-hybridized carbons (Fsp3) is 0.869. The van der Waals surface area contributed by atoms with E-state index in [9.17, 15) is 146 Å². The Hall–Kier alpha value is -5.60. The summed E-state index contributed by atoms with van der Waals surface area (Å²) in [6, 6.07) is -7.72. The first kappa shape index (κ1) is 90.9. The lowest BCUT2D eigenvalue weighted by molar-refractivity contribution is -0.382. The molecule has 4 amide bonds. The van der Waals surface area contributed by atoms with Crippen molar-refractivity contribution in [2.24, 2.45) is 5.73 Å². The van der Waals surface area contributed by atoms with Crippen molar-refractivity contribution in [3.05, 3.63) is 0 Å². The molecule has 0 aromatic carbocycles. The molecule has 0 aromatic rings. The van der Waals surface area contributed by atoms with Gasteiger partial charge >= 0.3 is 23.9 Å². The Labute approximate surface area is 626 Å². The van der Waals surface area contributed by atoms with Gasteiger partial charge in [-0.15, -0.1) is 0 Å². The minimum atomic E-state index is -2.57. The molecule has 0 aromatic heterocycles. The van der Waals surface area contributed by atoms with Crippen molar-refractivity contribution >= 4 is 47.5 Å². The Morgan fingerprint density at radius 2 is 0.532 bits per heavy atom. The number of amides is 4. The maximum absolute atomic E-state index is 13.1. The second-order valence-electron chi connectivity index (χ2n) is 27.2. The molecule has 8 aliphatic rings. The number of hydrogen-bond donors (Lipinski definition) is 26. The predicted octanol–water partition coefficient (Wildman–Crippen LogP) is -16.4. The average molecular weight is 1620 g/mol. The maximum Gasteiger partial charge on any atom is 0.335 e. The van der Waals surface area contributed by atoms with Crippen LogP contribution in [-0.4, -0.2) is 440 Å². The molecule has 8 aliphatic heterocycles. The van der Waals surface area contributed by atoms with Gasteiger partial charge in [0.25, 0.3) is 0 Å². The summed E-state index contributed by atoms with van der Waals surface area (Å²) in [6.07, 6.45) is -78.2. The SMILES string of the molecule is CC(=O)N[C@H]1[C@@H](O[C@@H]2C(C(=O)O)O[C@@H](OCCCCCN)[C@H](O)[C@H]2O)O[C@H](CO)[C@@H](O[C@@H]2O[C@@H](C(=O)O)[C@@H](O[C@H]3O[C@H](CO)[C@@H](O[C@@H]4OC(C(=O)O)[C@@H](O[C@H]5O[C@H](CO)[C@@H](O[C@@H]6O[C@@H](C(=O)O)[C@@H](O[C@H]7O[C@H](CO)[C@@H](O)[C@H](O)[C@H]7NC(C)=O)[C@H](O)[C@H]6O)[C@H](O)[C@H]5NC(C)=O)[C@H](O)[C@H]4O)[C@H](O)[C@H]3NC(C)=O)[C@H](O)[C@H]2O)[C@@H]1O. The summed E-state index contributed by atoms with van der Waals surface area (Å²) in [4.78, 5) is 102. The minimum absolute atomic E-state index is 0.0630. The highest BCUT2D eigenvalue weighted by Gasteiger charge is 2.62. The molecule has 636 valence electrons. The average Bonchev–Trinajstić information content (AvgIpc) is 0.767. The van der Waals surface area contributed by atoms with Crippen LogP contribution in [0.25, 0.3) is 0 Å². The van der Waals surface area contributed by atoms with E-state index < -0.39 is 319 Å². The highest BCUT2D eigenvalue weighted by molar-refractivity contribution is 5.76. The summed E-state index contributed by atoms with van der Waals surface area (Å²) < 4.78 is 90.8. The number of ether oxygens (including phenoxy) is 16. The number of nitrogens with one attached hydrogen (secondary N) is 4. The van der Waals surface area contributed by atoms with Gasteiger partial charge in [0, 0.05) is 34.3 Å². The second kappa shape index (κ2) is 39.8. The molecule has 0 bridgehead atoms. The summed E-state index contributed by atoms with van der Waals surface area (Å²) in [7, 11) is 0. The zero-order chi connectivity index (χ0) is 82.2. The molecule has 27 N–H and O–H groups in total. The first-order valence-corrected chi connectivity index (χ1v) is 34.8. The lowest BCUT2D eigenvalue weighted by Gasteiger charge is -2.50. The predicted molar refractivity (Wildman–Crippen MR) is 340 cm³/mol. The Bertz CT molecular complexity index is 3100. The zero-order valence-corrected chi connectivity index (χ0v) is 59.2. The van der Waals surface area contributed by atoms with Crippen LogP contribution in [0.15, 0.2) is 0 Å². The molecule has 8 heterocycles. The Morgan fingerprint density at radius 1 is 0.288 bits per heavy atom. The fourth-order valence-electron chi connectivity index (χ4n) is 13.7. The summed E-state index contributed by atoms with van der Waals surface area (Å²) in [5.74, 6) is -11.6. The molecule has 2 unspecified atom stereocenters. The largest absolute Gasteiger partial charge is 0.479 e. The van der Waals surface area contributed by atoms with E-state index >= 15 is 0 Å². The lowest BCUT2D eigenvalue weighted by atomic mass is 9.93. The molecule has 0 saturated carbocycles. The van der Waals surface area contributed by atoms with Gasteiger partial charge in [-0.05, 0) is 25.8 Å². The quantitative estimate of drug-likeness (QED) is 0.0278. The van der Waals surface area contributed by atoms with Crippen LogP contribution in [-0.2, 0) is 114 Å². The van der Waals surface area contributed by atoms with Gasteiger partial charge < -0.3 is 210 Å². The zero-order valence-electron chi connectivity index (χ0n) is 59.2. The number of nitrogens with two attached hydrogens (primary N) is 1. The van der Waals surface area contributed by atoms with Crippen molar-refractivity contribution in [3.63, 3.8) is 0 Å². The van der Waals surface area contributed by atoms with Crippen LogP contribution < -0.4 is 27.0 Å². The monoisotopic (exact) mass is 1620 g/mol. The van der Waals surface area contributed by atoms with E-state index in [-0.39, 0.29) is 6.61 Å². The summed E-state index contributed by atoms with van der Waals surface area (Å²) in [5.41, 5.74) is 5.51. The molecule has 50 nitrogen and oxygen atoms in total. The van der Waals surface area contributed by atoms with Gasteiger partial charge in [0.2, 0.25) is 23.6 Å². The molecule has 50 heteroatoms. The van der Waals surface area contributed by atoms with Crippen molar-refractivity contribution < 1.29 is 221 Å². The summed E-state index contributed by atoms with van der Waals surface area (Å²) in [6.45, 7) is -0.698. The standard InChI is InChI=1S/C61H97N5O45/c1-14(71)63-22-27(76)26(75)18(10-67)97-54(22)104-43-32(81)36(85)59(109-47(43)51(90)91)101-40-20(12-69)99-56(24(29(40)78)65-16(3)73)106-45-34(83)38(87)61(111-49(45)53(94)95)103-41-21(13-70)100-57(25(30(41)79)66-17(4)74)107-44-33(82)37(86)60(110-48(44)52(92)93)102-39-19(11-68)98-55(23(28(39)77)64-15(2)72)105-42-31(80)35(84)58(108-46(42)50(88)89)96-9-7-5-6-8-62/h18-49,54-61,67-70,75-87H,5-13,62H2,1-4H3,(H,63,71)(H,64,72)(H,65,73)(H,66,74)(H,88,89)(H,90,91)(H,92,93)(H,94,95)/t18-,19-,20-,21-,22-,23-,24-,25-,26-,27-,28-,29-,30-,31-,32-,33-,34-,35-,36-,37-,38-,39-,40-,41-,42+,43+,44+,45+,46?,47-,48-,49?,54-,55-,56-,57-,58-,59-,60-,61-/m1/s1. The van der Waals surface area contributed by atoms with Crippen molar-refractivity contribution in [1.29, 1.82) is 0 Å². The topological polar surface area (TPSA) is 783 Å². The van der Waals surface area contributed by atoms with Crippen LogP contribution in [0.1, 0.15) is 47.0 Å². The van der Waals surface area contributed by atoms with Gasteiger partial charge in [0.1, 0.15) is 171 Å². The molecule has 8 saturated heterocycles. The van der Waals surface area contributed by atoms with Gasteiger partial charge in [-0.1, -0.05) is 0 Å². The first-order valence-electron chi connectivity index (χ1n) is 34.8. The number of aliphatic carboxylic acids is 4. The minimum Gasteiger partial charge on any atom is -0.479 e. The maximum atomic E-state index is 13.1. The number of carbonyl (C=O) groups excluding carboxylic acids is 4. The fourth-order valence-corrected chi connectivity index (χ4v) is 13.7. The normalized spacial score (nSPS) is 44.9. The van der Waals surface area contributed by atoms with Crippen LogP contribution in [0.4, 0.5) is 0 Å². The number of carbonyl (C=O) groups is 8. The van der Waals surface area contributed by atoms with Gasteiger partial charge in [-0.3, -0.25) is 19.2 Å². The highest BCUT2D eigenvalue weighted by Crippen LogP contribution is 2.40. The third-order valence-corrected chi connectivity index (χ3v) is 19.2. The van der Waals surface area contributed by atoms with E-state index in [0.717, 1.165) is 27.7 Å². The van der Waals surface area contributed by atoms with E-state index in [1.165, 1.54) is 0 Å². The Balaban J connectivity index is 0.940. The Morgan fingerprint density at radius 3 is 0.784 bits per heavy atom. The lowest BCUT2D eigenvalue weighted by Crippen LogP contribution is -2.71. The van der Waals surface area contributed by atoms with E-state index in [1.807, 2.05) is 0 Å². The second-order valence-corrected chi connectivity index (χ2v) is 27.2. The first-order chi connectivity index (χ1) is 52.3. The van der Waals surface area contributed by atoms with Crippen molar-refractivity contribution in [2.45, 2.75) is 292 Å². The van der Waals surface area contributed by atoms with Crippen molar-refractivity contribution in [3.8, 4) is 0 Å². The highest BCUT2D eigenvalue weighted by atomic mass is 16.8. The Kier molecular flexibility index (Phi) is 32.6. The number of carboxylic acid groups (broad SMARTS) is 4. The number of aliphatic hydroxyl groups excluding tert-OH is 17. The van der Waals surface area contributed by atoms with Crippen molar-refractivity contribution in [1.82, 2.24) is 21.3 Å². The van der Waals surface area contributed by atoms with E-state index in [1.54, 1.807) is 0 Å². The molecule has 0 aliphatic carbocycles. The van der Waals surface area contributed by atoms with Crippen LogP contribution in [0.5, 0.6) is 0 Å². The van der Waals surface area contributed by atoms with E-state index in [2.05, 4.69) is 21.3 Å². The third kappa shape index (κ3) is 20.8. The number of aliphatic hydroxyl groups is 17. The molecule has 0 spiro atoms. The molecule has 8 rings (SSSR count). The molecule has 0 radical (unpaired) electrons. The smallest absolute Gasteiger partial charge is 0.335 e. The van der Waals surface area contributed by atoms with E-state index in [4.69, 9.17) is 81.5 Å². The van der Waals surface area contributed by atoms with Gasteiger partial charge in [-0.25, -0.2) is 19.2 Å². The van der Waals surface area contributed by atoms with E-state index in [0.29, 0.717) is 25.8 Å². The molecular formula is C61H97N5O45. The van der Waals surface area contributed by atoms with Crippen molar-refractivity contribution in [2.75, 3.05) is 39.6 Å². The van der Waals surface area contributed by atoms with Gasteiger partial charge in [-0.2, -0.15) is 0 Å². The molecule has 8 fully saturated rings. The number of carboxylic acids is 4. The summed E-state index contributed by atoms with van der Waals surface area (Å²) >= 11 is 0. The number of unbranched alkanes of at least 4 members (excludes halogenated alkanes) is 2. The van der Waals surface area contributed by atoms with Crippen LogP contribution >= 0.6 is 0 Å². The van der Waals surface area contributed by atoms with Gasteiger partial charge in [0.15, 0.2) is 74.7 Å². The molecule has 111 heavy (non-hydrogen) atoms. The van der Waals surface area contributed by atoms with Crippen LogP contribution in [0.2, 0.25) is 0 Å².